The quantitative estimate of drug-likeness (QED) is 0.595. The van der Waals surface area contributed by atoms with Crippen LogP contribution in [0.1, 0.15) is 13.8 Å². The highest BCUT2D eigenvalue weighted by molar-refractivity contribution is 6.19. The Morgan fingerprint density at radius 3 is 2.33 bits per heavy atom. The molecule has 0 radical (unpaired) electrons. The summed E-state index contributed by atoms with van der Waals surface area (Å²) in [5, 5.41) is 9.02. The second-order valence-electron chi connectivity index (χ2n) is 3.02. The van der Waals surface area contributed by atoms with Crippen LogP contribution in [0.4, 0.5) is 0 Å². The number of ketones is 2. The molecule has 1 rings (SSSR count). The van der Waals surface area contributed by atoms with E-state index in [1.165, 1.54) is 6.08 Å². The van der Waals surface area contributed by atoms with Crippen molar-refractivity contribution in [3.63, 3.8) is 0 Å². The molecule has 0 aromatic carbocycles. The second kappa shape index (κ2) is 2.93. The highest BCUT2D eigenvalue weighted by atomic mass is 16.3. The van der Waals surface area contributed by atoms with Crippen molar-refractivity contribution in [1.29, 1.82) is 0 Å². The number of hydrogen-bond acceptors (Lipinski definition) is 3. The minimum Gasteiger partial charge on any atom is -0.504 e. The Hall–Kier alpha value is -1.38. The predicted octanol–water partition coefficient (Wildman–Crippen LogP) is 1.16. The topological polar surface area (TPSA) is 54.4 Å². The molecular weight excluding hydrogens is 156 g/mol. The van der Waals surface area contributed by atoms with Gasteiger partial charge in [-0.1, -0.05) is 13.8 Å². The van der Waals surface area contributed by atoms with Crippen molar-refractivity contribution < 1.29 is 14.7 Å². The Kier molecular flexibility index (Phi) is 2.13. The van der Waals surface area contributed by atoms with Crippen molar-refractivity contribution in [3.8, 4) is 0 Å². The molecule has 0 aromatic rings. The molecule has 0 saturated heterocycles. The third-order valence-corrected chi connectivity index (χ3v) is 1.69. The fourth-order valence-electron chi connectivity index (χ4n) is 1.04. The number of allylic oxidation sites excluding steroid dienone is 3. The summed E-state index contributed by atoms with van der Waals surface area (Å²) in [6.45, 7) is 3.60. The van der Waals surface area contributed by atoms with Crippen molar-refractivity contribution in [3.05, 3.63) is 23.5 Å². The van der Waals surface area contributed by atoms with Crippen molar-refractivity contribution in [2.75, 3.05) is 0 Å². The van der Waals surface area contributed by atoms with E-state index in [1.54, 1.807) is 13.8 Å². The zero-order chi connectivity index (χ0) is 9.30. The number of aliphatic hydroxyl groups excluding tert-OH is 1. The van der Waals surface area contributed by atoms with E-state index in [2.05, 4.69) is 0 Å². The molecule has 0 bridgehead atoms. The molecule has 0 saturated carbocycles. The van der Waals surface area contributed by atoms with Gasteiger partial charge in [0.15, 0.2) is 11.5 Å². The fraction of sp³-hybridized carbons (Fsp3) is 0.333. The van der Waals surface area contributed by atoms with Gasteiger partial charge in [-0.3, -0.25) is 9.59 Å². The van der Waals surface area contributed by atoms with Crippen molar-refractivity contribution in [2.45, 2.75) is 13.8 Å². The van der Waals surface area contributed by atoms with Gasteiger partial charge in [-0.25, -0.2) is 0 Å². The Bertz CT molecular complexity index is 295. The average molecular weight is 166 g/mol. The van der Waals surface area contributed by atoms with Gasteiger partial charge in [-0.15, -0.1) is 0 Å². The third-order valence-electron chi connectivity index (χ3n) is 1.69. The van der Waals surface area contributed by atoms with Gasteiger partial charge in [0.25, 0.3) is 0 Å². The number of hydrogen-bond donors (Lipinski definition) is 1. The summed E-state index contributed by atoms with van der Waals surface area (Å²) in [6.07, 6.45) is 2.21. The molecule has 1 N–H and O–H groups in total. The van der Waals surface area contributed by atoms with Gasteiger partial charge in [0.1, 0.15) is 0 Å². The molecule has 0 heterocycles. The van der Waals surface area contributed by atoms with Gasteiger partial charge in [0, 0.05) is 11.6 Å². The fourth-order valence-corrected chi connectivity index (χ4v) is 1.04. The predicted molar refractivity (Wildman–Crippen MR) is 43.6 cm³/mol. The monoisotopic (exact) mass is 166 g/mol. The van der Waals surface area contributed by atoms with Crippen LogP contribution < -0.4 is 0 Å². The lowest BCUT2D eigenvalue weighted by molar-refractivity contribution is -0.117. The highest BCUT2D eigenvalue weighted by Crippen LogP contribution is 2.18. The number of carbonyl (C=O) groups excluding carboxylic acids is 2. The summed E-state index contributed by atoms with van der Waals surface area (Å²) >= 11 is 0. The summed E-state index contributed by atoms with van der Waals surface area (Å²) in [6, 6.07) is 0. The molecule has 3 heteroatoms. The Morgan fingerprint density at radius 1 is 1.25 bits per heavy atom. The molecule has 1 aliphatic rings. The number of rotatable bonds is 1. The van der Waals surface area contributed by atoms with E-state index in [4.69, 9.17) is 5.11 Å². The zero-order valence-corrected chi connectivity index (χ0v) is 7.00. The van der Waals surface area contributed by atoms with Gasteiger partial charge in [-0.05, 0) is 12.0 Å². The smallest absolute Gasteiger partial charge is 0.223 e. The van der Waals surface area contributed by atoms with E-state index in [9.17, 15) is 9.59 Å². The largest absolute Gasteiger partial charge is 0.504 e. The SMILES string of the molecule is CC(C)C1=CC(=O)C=C(O)C1=O. The lowest BCUT2D eigenvalue weighted by atomic mass is 9.93. The summed E-state index contributed by atoms with van der Waals surface area (Å²) in [7, 11) is 0. The van der Waals surface area contributed by atoms with Crippen LogP contribution >= 0.6 is 0 Å². The molecule has 0 atom stereocenters. The Balaban J connectivity index is 3.04. The zero-order valence-electron chi connectivity index (χ0n) is 7.00. The molecule has 0 unspecified atom stereocenters. The molecule has 0 aliphatic heterocycles. The lowest BCUT2D eigenvalue weighted by Gasteiger charge is -2.11. The van der Waals surface area contributed by atoms with Crippen LogP contribution in [0.3, 0.4) is 0 Å². The Morgan fingerprint density at radius 2 is 1.83 bits per heavy atom. The van der Waals surface area contributed by atoms with Crippen molar-refractivity contribution in [2.24, 2.45) is 5.92 Å². The maximum Gasteiger partial charge on any atom is 0.223 e. The maximum atomic E-state index is 11.2. The molecule has 0 fully saturated rings. The Labute approximate surface area is 70.4 Å². The second-order valence-corrected chi connectivity index (χ2v) is 3.02. The standard InChI is InChI=1S/C9H10O3/c1-5(2)7-3-6(10)4-8(11)9(7)12/h3-5,11H,1-2H3. The lowest BCUT2D eigenvalue weighted by Crippen LogP contribution is -2.17. The number of carbonyl (C=O) groups is 2. The average Bonchev–Trinajstić information content (AvgIpc) is 1.96. The summed E-state index contributed by atoms with van der Waals surface area (Å²) in [4.78, 5) is 22.0. The molecule has 1 aliphatic carbocycles. The van der Waals surface area contributed by atoms with E-state index in [1.807, 2.05) is 0 Å². The minimum atomic E-state index is -0.453. The summed E-state index contributed by atoms with van der Waals surface area (Å²) in [5.74, 6) is -1.25. The first-order valence-electron chi connectivity index (χ1n) is 3.73. The maximum absolute atomic E-state index is 11.2. The van der Waals surface area contributed by atoms with E-state index in [0.717, 1.165) is 6.08 Å². The highest BCUT2D eigenvalue weighted by Gasteiger charge is 2.22. The molecular formula is C9H10O3. The van der Waals surface area contributed by atoms with Crippen molar-refractivity contribution in [1.82, 2.24) is 0 Å². The van der Waals surface area contributed by atoms with Crippen LogP contribution in [0.25, 0.3) is 0 Å². The van der Waals surface area contributed by atoms with E-state index < -0.39 is 11.5 Å². The molecule has 0 aromatic heterocycles. The first-order chi connectivity index (χ1) is 5.52. The summed E-state index contributed by atoms with van der Waals surface area (Å²) < 4.78 is 0. The van der Waals surface area contributed by atoms with Crippen LogP contribution in [0.2, 0.25) is 0 Å². The van der Waals surface area contributed by atoms with E-state index >= 15 is 0 Å². The van der Waals surface area contributed by atoms with Crippen LogP contribution in [0.5, 0.6) is 0 Å². The van der Waals surface area contributed by atoms with Crippen LogP contribution in [0.15, 0.2) is 23.5 Å². The minimum absolute atomic E-state index is 0.0303. The number of Topliss-reactive ketones (excluding diaryl/α,β-unsaturated/α-hetero) is 1. The van der Waals surface area contributed by atoms with E-state index in [0.29, 0.717) is 5.57 Å². The molecule has 3 nitrogen and oxygen atoms in total. The van der Waals surface area contributed by atoms with Gasteiger partial charge < -0.3 is 5.11 Å². The van der Waals surface area contributed by atoms with Crippen LogP contribution in [0, 0.1) is 5.92 Å². The van der Waals surface area contributed by atoms with Crippen molar-refractivity contribution >= 4 is 11.6 Å². The van der Waals surface area contributed by atoms with Crippen LogP contribution in [-0.4, -0.2) is 16.7 Å². The molecule has 64 valence electrons. The van der Waals surface area contributed by atoms with Gasteiger partial charge in [-0.2, -0.15) is 0 Å². The summed E-state index contributed by atoms with van der Waals surface area (Å²) in [5.41, 5.74) is 0.375. The first kappa shape index (κ1) is 8.71. The number of aliphatic hydroxyl groups is 1. The molecule has 12 heavy (non-hydrogen) atoms. The van der Waals surface area contributed by atoms with Crippen LogP contribution in [-0.2, 0) is 9.59 Å². The molecule has 0 spiro atoms. The molecule has 0 amide bonds. The van der Waals surface area contributed by atoms with Gasteiger partial charge in [0.2, 0.25) is 5.78 Å². The first-order valence-corrected chi connectivity index (χ1v) is 3.73. The normalized spacial score (nSPS) is 17.9. The van der Waals surface area contributed by atoms with Gasteiger partial charge in [0.05, 0.1) is 0 Å². The third kappa shape index (κ3) is 1.44. The van der Waals surface area contributed by atoms with E-state index in [-0.39, 0.29) is 11.7 Å². The van der Waals surface area contributed by atoms with Gasteiger partial charge >= 0.3 is 0 Å².